The second kappa shape index (κ2) is 7.19. The molecule has 2 N–H and O–H groups in total. The molecule has 4 rings (SSSR count). The largest absolute Gasteiger partial charge is 0.504 e. The van der Waals surface area contributed by atoms with Crippen molar-refractivity contribution in [2.75, 3.05) is 12.4 Å². The van der Waals surface area contributed by atoms with Gasteiger partial charge in [-0.3, -0.25) is 4.98 Å². The van der Waals surface area contributed by atoms with Gasteiger partial charge in [-0.05, 0) is 30.3 Å². The van der Waals surface area contributed by atoms with Gasteiger partial charge in [0.25, 0.3) is 0 Å². The first-order valence-electron chi connectivity index (χ1n) is 8.74. The van der Waals surface area contributed by atoms with Gasteiger partial charge < -0.3 is 19.7 Å². The Hall–Kier alpha value is -3.61. The molecule has 7 heteroatoms. The molecule has 0 saturated carbocycles. The lowest BCUT2D eigenvalue weighted by Crippen LogP contribution is -2.06. The quantitative estimate of drug-likeness (QED) is 0.547. The Labute approximate surface area is 161 Å². The number of pyridine rings is 1. The number of imidazole rings is 1. The Morgan fingerprint density at radius 2 is 2.00 bits per heavy atom. The number of phenols is 1. The molecule has 0 aliphatic rings. The van der Waals surface area contributed by atoms with Crippen LogP contribution < -0.4 is 10.1 Å². The highest BCUT2D eigenvalue weighted by atomic mass is 19.1. The Morgan fingerprint density at radius 1 is 1.18 bits per heavy atom. The van der Waals surface area contributed by atoms with Gasteiger partial charge in [0.05, 0.1) is 24.5 Å². The third-order valence-electron chi connectivity index (χ3n) is 4.64. The predicted molar refractivity (Wildman–Crippen MR) is 106 cm³/mol. The van der Waals surface area contributed by atoms with Gasteiger partial charge in [0.2, 0.25) is 5.95 Å². The van der Waals surface area contributed by atoms with Crippen LogP contribution in [0.15, 0.2) is 54.7 Å². The molecule has 0 amide bonds. The van der Waals surface area contributed by atoms with Crippen molar-refractivity contribution >= 4 is 17.0 Å². The van der Waals surface area contributed by atoms with E-state index in [4.69, 9.17) is 4.74 Å². The summed E-state index contributed by atoms with van der Waals surface area (Å²) in [6.45, 7) is 0.333. The Morgan fingerprint density at radius 3 is 2.79 bits per heavy atom. The highest BCUT2D eigenvalue weighted by molar-refractivity contribution is 5.82. The van der Waals surface area contributed by atoms with E-state index in [1.165, 1.54) is 13.2 Å². The minimum absolute atomic E-state index is 0.0764. The number of benzene rings is 2. The Kier molecular flexibility index (Phi) is 4.57. The maximum absolute atomic E-state index is 13.8. The summed E-state index contributed by atoms with van der Waals surface area (Å²) in [6, 6.07) is 13.7. The monoisotopic (exact) mass is 378 g/mol. The molecular formula is C21H19FN4O2. The number of nitrogens with zero attached hydrogens (tertiary/aromatic N) is 3. The van der Waals surface area contributed by atoms with Crippen LogP contribution in [0.1, 0.15) is 5.56 Å². The van der Waals surface area contributed by atoms with Gasteiger partial charge in [0.1, 0.15) is 11.3 Å². The van der Waals surface area contributed by atoms with Crippen molar-refractivity contribution < 1.29 is 14.2 Å². The summed E-state index contributed by atoms with van der Waals surface area (Å²) in [5, 5.41) is 13.0. The molecule has 0 saturated heterocycles. The van der Waals surface area contributed by atoms with E-state index in [9.17, 15) is 9.50 Å². The number of methoxy groups -OCH3 is 1. The van der Waals surface area contributed by atoms with Crippen LogP contribution in [-0.2, 0) is 13.6 Å². The number of phenolic OH excluding ortho intramolecular Hbond substituents is 1. The zero-order valence-electron chi connectivity index (χ0n) is 15.5. The average Bonchev–Trinajstić information content (AvgIpc) is 3.03. The highest BCUT2D eigenvalue weighted by Crippen LogP contribution is 2.32. The molecule has 0 spiro atoms. The molecule has 0 bridgehead atoms. The number of anilines is 1. The van der Waals surface area contributed by atoms with E-state index in [1.54, 1.807) is 42.6 Å². The zero-order chi connectivity index (χ0) is 19.7. The van der Waals surface area contributed by atoms with E-state index in [1.807, 2.05) is 17.7 Å². The van der Waals surface area contributed by atoms with Crippen molar-refractivity contribution in [3.8, 4) is 22.8 Å². The summed E-state index contributed by atoms with van der Waals surface area (Å²) >= 11 is 0. The second-order valence-corrected chi connectivity index (χ2v) is 6.38. The summed E-state index contributed by atoms with van der Waals surface area (Å²) in [5.41, 5.74) is 3.73. The van der Waals surface area contributed by atoms with Crippen LogP contribution in [0.25, 0.3) is 22.3 Å². The van der Waals surface area contributed by atoms with Gasteiger partial charge in [-0.25, -0.2) is 9.37 Å². The first-order valence-corrected chi connectivity index (χ1v) is 8.74. The molecule has 142 valence electrons. The molecule has 2 aromatic carbocycles. The predicted octanol–water partition coefficient (Wildman–Crippen LogP) is 4.10. The molecule has 0 radical (unpaired) electrons. The van der Waals surface area contributed by atoms with E-state index in [-0.39, 0.29) is 11.6 Å². The summed E-state index contributed by atoms with van der Waals surface area (Å²) in [5.74, 6) is 0.837. The van der Waals surface area contributed by atoms with Crippen molar-refractivity contribution in [3.05, 3.63) is 66.1 Å². The van der Waals surface area contributed by atoms with Gasteiger partial charge in [0.15, 0.2) is 11.5 Å². The number of fused-ring (bicyclic) bond motifs is 1. The Bertz CT molecular complexity index is 1160. The van der Waals surface area contributed by atoms with E-state index >= 15 is 0 Å². The molecular weight excluding hydrogens is 359 g/mol. The number of rotatable bonds is 5. The van der Waals surface area contributed by atoms with E-state index < -0.39 is 0 Å². The molecule has 2 heterocycles. The topological polar surface area (TPSA) is 72.2 Å². The zero-order valence-corrected chi connectivity index (χ0v) is 15.5. The van der Waals surface area contributed by atoms with Crippen LogP contribution in [0.3, 0.4) is 0 Å². The summed E-state index contributed by atoms with van der Waals surface area (Å²) in [6.07, 6.45) is 1.69. The van der Waals surface area contributed by atoms with Gasteiger partial charge >= 0.3 is 0 Å². The normalized spacial score (nSPS) is 11.0. The van der Waals surface area contributed by atoms with Gasteiger partial charge in [0, 0.05) is 24.7 Å². The highest BCUT2D eigenvalue weighted by Gasteiger charge is 2.12. The van der Waals surface area contributed by atoms with Crippen LogP contribution in [0.4, 0.5) is 10.3 Å². The number of aromatic hydroxyl groups is 1. The molecule has 4 aromatic rings. The standard InChI is InChI=1S/C21H19FN4O2/c1-26-18-10-16(13-7-8-19(27)20(9-13)28-2)23-12-17(18)25-21(26)24-11-14-5-3-4-6-15(14)22/h3-10,12,27H,11H2,1-2H3,(H,24,25). The first kappa shape index (κ1) is 17.8. The van der Waals surface area contributed by atoms with Crippen molar-refractivity contribution in [1.29, 1.82) is 0 Å². The van der Waals surface area contributed by atoms with Crippen molar-refractivity contribution in [3.63, 3.8) is 0 Å². The van der Waals surface area contributed by atoms with Crippen LogP contribution in [-0.4, -0.2) is 26.8 Å². The number of nitrogens with one attached hydrogen (secondary N) is 1. The summed E-state index contributed by atoms with van der Waals surface area (Å²) in [7, 11) is 3.39. The molecule has 0 unspecified atom stereocenters. The van der Waals surface area contributed by atoms with E-state index in [2.05, 4.69) is 15.3 Å². The van der Waals surface area contributed by atoms with Crippen molar-refractivity contribution in [2.45, 2.75) is 6.54 Å². The number of ether oxygens (including phenoxy) is 1. The molecule has 0 aliphatic carbocycles. The maximum Gasteiger partial charge on any atom is 0.203 e. The lowest BCUT2D eigenvalue weighted by Gasteiger charge is -2.08. The summed E-state index contributed by atoms with van der Waals surface area (Å²) in [4.78, 5) is 9.01. The fraction of sp³-hybridized carbons (Fsp3) is 0.143. The van der Waals surface area contributed by atoms with Crippen LogP contribution in [0, 0.1) is 5.82 Å². The maximum atomic E-state index is 13.8. The number of halogens is 1. The molecule has 0 aliphatic heterocycles. The van der Waals surface area contributed by atoms with Crippen LogP contribution >= 0.6 is 0 Å². The van der Waals surface area contributed by atoms with Crippen molar-refractivity contribution in [2.24, 2.45) is 7.05 Å². The second-order valence-electron chi connectivity index (χ2n) is 6.38. The number of hydrogen-bond donors (Lipinski definition) is 2. The van der Waals surface area contributed by atoms with Crippen molar-refractivity contribution in [1.82, 2.24) is 14.5 Å². The molecule has 6 nitrogen and oxygen atoms in total. The number of aromatic nitrogens is 3. The lowest BCUT2D eigenvalue weighted by atomic mass is 10.1. The minimum Gasteiger partial charge on any atom is -0.504 e. The van der Waals surface area contributed by atoms with E-state index in [0.29, 0.717) is 23.8 Å². The molecule has 28 heavy (non-hydrogen) atoms. The van der Waals surface area contributed by atoms with Gasteiger partial charge in [-0.15, -0.1) is 0 Å². The molecule has 0 atom stereocenters. The lowest BCUT2D eigenvalue weighted by molar-refractivity contribution is 0.373. The number of aryl methyl sites for hydroxylation is 1. The van der Waals surface area contributed by atoms with Gasteiger partial charge in [-0.1, -0.05) is 18.2 Å². The third-order valence-corrected chi connectivity index (χ3v) is 4.64. The average molecular weight is 378 g/mol. The number of hydrogen-bond acceptors (Lipinski definition) is 5. The smallest absolute Gasteiger partial charge is 0.203 e. The van der Waals surface area contributed by atoms with Gasteiger partial charge in [-0.2, -0.15) is 0 Å². The minimum atomic E-state index is -0.251. The molecule has 2 aromatic heterocycles. The van der Waals surface area contributed by atoms with Crippen LogP contribution in [0.2, 0.25) is 0 Å². The fourth-order valence-corrected chi connectivity index (χ4v) is 3.06. The molecule has 0 fully saturated rings. The third kappa shape index (κ3) is 3.22. The Balaban J connectivity index is 1.65. The summed E-state index contributed by atoms with van der Waals surface area (Å²) < 4.78 is 20.9. The first-order chi connectivity index (χ1) is 13.6. The van der Waals surface area contributed by atoms with E-state index in [0.717, 1.165) is 22.3 Å². The SMILES string of the molecule is COc1cc(-c2cc3c(cn2)nc(NCc2ccccc2F)n3C)ccc1O. The fourth-order valence-electron chi connectivity index (χ4n) is 3.06. The van der Waals surface area contributed by atoms with Crippen LogP contribution in [0.5, 0.6) is 11.5 Å².